The minimum atomic E-state index is 0.0259. The standard InChI is InChI=1S/C23H24N2O/c1-15-21(19-13-7-8-14-20(19)24-15)22-17-11-5-6-12-18(17)23(26)25(22)16-9-3-2-4-10-16/h5-8,11-14,16,22,24H,2-4,9-10H2,1H3/t22-/m0/s1. The molecule has 0 unspecified atom stereocenters. The first-order valence-corrected chi connectivity index (χ1v) is 9.74. The molecule has 0 radical (unpaired) electrons. The van der Waals surface area contributed by atoms with E-state index < -0.39 is 0 Å². The predicted molar refractivity (Wildman–Crippen MR) is 104 cm³/mol. The lowest BCUT2D eigenvalue weighted by Gasteiger charge is -2.36. The predicted octanol–water partition coefficient (Wildman–Crippen LogP) is 5.35. The van der Waals surface area contributed by atoms with Gasteiger partial charge in [0.25, 0.3) is 5.91 Å². The number of nitrogens with one attached hydrogen (secondary N) is 1. The molecule has 1 N–H and O–H groups in total. The van der Waals surface area contributed by atoms with Crippen LogP contribution in [-0.4, -0.2) is 21.8 Å². The molecule has 1 aliphatic carbocycles. The average molecular weight is 344 g/mol. The first-order chi connectivity index (χ1) is 12.8. The molecular weight excluding hydrogens is 320 g/mol. The molecular formula is C23H24N2O. The van der Waals surface area contributed by atoms with Gasteiger partial charge in [0.15, 0.2) is 0 Å². The van der Waals surface area contributed by atoms with E-state index in [1.54, 1.807) is 0 Å². The van der Waals surface area contributed by atoms with Gasteiger partial charge in [0, 0.05) is 33.8 Å². The number of aromatic nitrogens is 1. The molecule has 26 heavy (non-hydrogen) atoms. The van der Waals surface area contributed by atoms with Gasteiger partial charge in [0.2, 0.25) is 0 Å². The van der Waals surface area contributed by atoms with Gasteiger partial charge in [-0.2, -0.15) is 0 Å². The Hall–Kier alpha value is -2.55. The molecule has 1 aliphatic heterocycles. The normalized spacial score (nSPS) is 20.7. The van der Waals surface area contributed by atoms with Crippen molar-refractivity contribution in [2.75, 3.05) is 0 Å². The van der Waals surface area contributed by atoms with Gasteiger partial charge in [0.1, 0.15) is 0 Å². The van der Waals surface area contributed by atoms with Gasteiger partial charge < -0.3 is 9.88 Å². The maximum absolute atomic E-state index is 13.4. The third-order valence-electron chi connectivity index (χ3n) is 6.18. The number of fused-ring (bicyclic) bond motifs is 2. The molecule has 0 bridgehead atoms. The number of carbonyl (C=O) groups excluding carboxylic acids is 1. The van der Waals surface area contributed by atoms with Crippen LogP contribution >= 0.6 is 0 Å². The van der Waals surface area contributed by atoms with Crippen molar-refractivity contribution in [2.45, 2.75) is 51.1 Å². The minimum Gasteiger partial charge on any atom is -0.358 e. The van der Waals surface area contributed by atoms with Crippen molar-refractivity contribution >= 4 is 16.8 Å². The van der Waals surface area contributed by atoms with Gasteiger partial charge >= 0.3 is 0 Å². The third-order valence-corrected chi connectivity index (χ3v) is 6.18. The Morgan fingerprint density at radius 1 is 0.962 bits per heavy atom. The minimum absolute atomic E-state index is 0.0259. The highest BCUT2D eigenvalue weighted by atomic mass is 16.2. The smallest absolute Gasteiger partial charge is 0.255 e. The molecule has 3 nitrogen and oxygen atoms in total. The lowest BCUT2D eigenvalue weighted by molar-refractivity contribution is 0.0613. The van der Waals surface area contributed by atoms with E-state index in [1.165, 1.54) is 35.9 Å². The maximum atomic E-state index is 13.4. The van der Waals surface area contributed by atoms with E-state index in [0.29, 0.717) is 6.04 Å². The Morgan fingerprint density at radius 2 is 1.69 bits per heavy atom. The number of nitrogens with zero attached hydrogens (tertiary/aromatic N) is 1. The van der Waals surface area contributed by atoms with Gasteiger partial charge in [-0.05, 0) is 37.5 Å². The van der Waals surface area contributed by atoms with E-state index in [2.05, 4.69) is 53.2 Å². The SMILES string of the molecule is Cc1[nH]c2ccccc2c1[C@@H]1c2ccccc2C(=O)N1C1CCCCC1. The summed E-state index contributed by atoms with van der Waals surface area (Å²) in [7, 11) is 0. The van der Waals surface area contributed by atoms with E-state index in [4.69, 9.17) is 0 Å². The summed E-state index contributed by atoms with van der Waals surface area (Å²) in [5.74, 6) is 0.210. The molecule has 2 aromatic carbocycles. The van der Waals surface area contributed by atoms with Crippen molar-refractivity contribution in [3.63, 3.8) is 0 Å². The Kier molecular flexibility index (Phi) is 3.63. The highest BCUT2D eigenvalue weighted by Crippen LogP contribution is 2.45. The number of carbonyl (C=O) groups is 1. The van der Waals surface area contributed by atoms with Crippen LogP contribution in [0.3, 0.4) is 0 Å². The fraction of sp³-hybridized carbons (Fsp3) is 0.348. The Bertz CT molecular complexity index is 981. The molecule has 1 amide bonds. The van der Waals surface area contributed by atoms with Crippen LogP contribution < -0.4 is 0 Å². The first-order valence-electron chi connectivity index (χ1n) is 9.74. The van der Waals surface area contributed by atoms with Crippen LogP contribution in [0.1, 0.15) is 65.3 Å². The molecule has 3 aromatic rings. The first kappa shape index (κ1) is 15.7. The van der Waals surface area contributed by atoms with Crippen molar-refractivity contribution in [2.24, 2.45) is 0 Å². The molecule has 3 heteroatoms. The van der Waals surface area contributed by atoms with Crippen LogP contribution in [-0.2, 0) is 0 Å². The van der Waals surface area contributed by atoms with Crippen molar-refractivity contribution in [3.05, 3.63) is 70.9 Å². The Labute approximate surface area is 154 Å². The average Bonchev–Trinajstić information content (AvgIpc) is 3.16. The topological polar surface area (TPSA) is 36.1 Å². The second kappa shape index (κ2) is 6.01. The number of aromatic amines is 1. The van der Waals surface area contributed by atoms with E-state index in [9.17, 15) is 4.79 Å². The summed E-state index contributed by atoms with van der Waals surface area (Å²) >= 11 is 0. The third kappa shape index (κ3) is 2.23. The lowest BCUT2D eigenvalue weighted by atomic mass is 9.91. The molecule has 1 fully saturated rings. The largest absolute Gasteiger partial charge is 0.358 e. The second-order valence-corrected chi connectivity index (χ2v) is 7.70. The van der Waals surface area contributed by atoms with Gasteiger partial charge in [0.05, 0.1) is 6.04 Å². The number of aryl methyl sites for hydroxylation is 1. The fourth-order valence-corrected chi connectivity index (χ4v) is 5.02. The molecule has 1 aromatic heterocycles. The number of amides is 1. The molecule has 132 valence electrons. The molecule has 2 heterocycles. The van der Waals surface area contributed by atoms with Crippen LogP contribution in [0, 0.1) is 6.92 Å². The van der Waals surface area contributed by atoms with E-state index >= 15 is 0 Å². The molecule has 0 saturated heterocycles. The number of para-hydroxylation sites is 1. The van der Waals surface area contributed by atoms with Gasteiger partial charge in [-0.25, -0.2) is 0 Å². The van der Waals surface area contributed by atoms with E-state index in [-0.39, 0.29) is 11.9 Å². The van der Waals surface area contributed by atoms with Crippen molar-refractivity contribution in [3.8, 4) is 0 Å². The molecule has 0 spiro atoms. The monoisotopic (exact) mass is 344 g/mol. The number of rotatable bonds is 2. The zero-order valence-electron chi connectivity index (χ0n) is 15.2. The number of H-pyrrole nitrogens is 1. The summed E-state index contributed by atoms with van der Waals surface area (Å²) in [6.07, 6.45) is 5.99. The zero-order chi connectivity index (χ0) is 17.7. The van der Waals surface area contributed by atoms with E-state index in [1.807, 2.05) is 12.1 Å². The number of benzene rings is 2. The van der Waals surface area contributed by atoms with Crippen molar-refractivity contribution < 1.29 is 4.79 Å². The molecule has 5 rings (SSSR count). The van der Waals surface area contributed by atoms with Crippen LogP contribution in [0.5, 0.6) is 0 Å². The zero-order valence-corrected chi connectivity index (χ0v) is 15.2. The lowest BCUT2D eigenvalue weighted by Crippen LogP contribution is -2.40. The number of hydrogen-bond acceptors (Lipinski definition) is 1. The molecule has 1 atom stereocenters. The van der Waals surface area contributed by atoms with Crippen LogP contribution in [0.15, 0.2) is 48.5 Å². The van der Waals surface area contributed by atoms with Crippen LogP contribution in [0.25, 0.3) is 10.9 Å². The number of hydrogen-bond donors (Lipinski definition) is 1. The van der Waals surface area contributed by atoms with Gasteiger partial charge in [-0.15, -0.1) is 0 Å². The summed E-state index contributed by atoms with van der Waals surface area (Å²) < 4.78 is 0. The Balaban J connectivity index is 1.72. The summed E-state index contributed by atoms with van der Waals surface area (Å²) in [4.78, 5) is 19.1. The second-order valence-electron chi connectivity index (χ2n) is 7.70. The van der Waals surface area contributed by atoms with Crippen LogP contribution in [0.4, 0.5) is 0 Å². The van der Waals surface area contributed by atoms with Crippen molar-refractivity contribution in [1.82, 2.24) is 9.88 Å². The molecule has 1 saturated carbocycles. The molecule has 2 aliphatic rings. The summed E-state index contributed by atoms with van der Waals surface area (Å²) in [5.41, 5.74) is 5.63. The summed E-state index contributed by atoms with van der Waals surface area (Å²) in [5, 5.41) is 1.24. The summed E-state index contributed by atoms with van der Waals surface area (Å²) in [6.45, 7) is 2.14. The Morgan fingerprint density at radius 3 is 2.54 bits per heavy atom. The van der Waals surface area contributed by atoms with Crippen LogP contribution in [0.2, 0.25) is 0 Å². The maximum Gasteiger partial charge on any atom is 0.255 e. The highest BCUT2D eigenvalue weighted by Gasteiger charge is 2.42. The van der Waals surface area contributed by atoms with E-state index in [0.717, 1.165) is 29.5 Å². The van der Waals surface area contributed by atoms with Gasteiger partial charge in [-0.3, -0.25) is 4.79 Å². The van der Waals surface area contributed by atoms with Crippen molar-refractivity contribution in [1.29, 1.82) is 0 Å². The van der Waals surface area contributed by atoms with Gasteiger partial charge in [-0.1, -0.05) is 55.7 Å². The fourth-order valence-electron chi connectivity index (χ4n) is 5.02. The summed E-state index contributed by atoms with van der Waals surface area (Å²) in [6, 6.07) is 17.0. The quantitative estimate of drug-likeness (QED) is 0.668. The highest BCUT2D eigenvalue weighted by molar-refractivity contribution is 6.01.